The molecule has 26 heavy (non-hydrogen) atoms. The van der Waals surface area contributed by atoms with E-state index in [-0.39, 0.29) is 11.4 Å². The van der Waals surface area contributed by atoms with Crippen molar-refractivity contribution in [3.63, 3.8) is 0 Å². The van der Waals surface area contributed by atoms with Gasteiger partial charge in [0, 0.05) is 6.26 Å². The van der Waals surface area contributed by atoms with Crippen molar-refractivity contribution in [2.75, 3.05) is 19.3 Å². The molecule has 1 fully saturated rings. The van der Waals surface area contributed by atoms with Crippen LogP contribution in [0.4, 0.5) is 0 Å². The van der Waals surface area contributed by atoms with Gasteiger partial charge in [-0.15, -0.1) is 0 Å². The van der Waals surface area contributed by atoms with Crippen LogP contribution in [0.25, 0.3) is 11.1 Å². The molecule has 0 unspecified atom stereocenters. The maximum atomic E-state index is 11.4. The van der Waals surface area contributed by atoms with Crippen LogP contribution >= 0.6 is 0 Å². The van der Waals surface area contributed by atoms with Crippen LogP contribution in [0.5, 0.6) is 5.75 Å². The highest BCUT2D eigenvalue weighted by atomic mass is 32.2. The van der Waals surface area contributed by atoms with Gasteiger partial charge in [0.05, 0.1) is 5.75 Å². The monoisotopic (exact) mass is 371 g/mol. The van der Waals surface area contributed by atoms with E-state index in [0.29, 0.717) is 0 Å². The van der Waals surface area contributed by atoms with Crippen LogP contribution in [0.3, 0.4) is 0 Å². The molecule has 0 amide bonds. The number of ether oxygens (including phenoxy) is 1. The molecule has 0 atom stereocenters. The van der Waals surface area contributed by atoms with Crippen molar-refractivity contribution < 1.29 is 13.2 Å². The molecule has 1 saturated heterocycles. The van der Waals surface area contributed by atoms with Crippen molar-refractivity contribution in [1.29, 1.82) is 0 Å². The standard InChI is InChI=1S/C21H25NO3S/c1-26(23,24)15-16-2-4-17(5-3-16)18-6-7-20-19(14-18)8-9-21(25-20)10-12-22-13-11-21/h2-7,14,22H,8-13,15H2,1H3. The molecule has 0 aromatic heterocycles. The summed E-state index contributed by atoms with van der Waals surface area (Å²) < 4.78 is 29.3. The molecule has 2 heterocycles. The lowest BCUT2D eigenvalue weighted by Gasteiger charge is -2.41. The summed E-state index contributed by atoms with van der Waals surface area (Å²) in [5, 5.41) is 3.41. The number of benzene rings is 2. The molecule has 0 aliphatic carbocycles. The normalized spacial score (nSPS) is 19.0. The molecule has 5 heteroatoms. The topological polar surface area (TPSA) is 55.4 Å². The van der Waals surface area contributed by atoms with E-state index in [1.165, 1.54) is 11.8 Å². The van der Waals surface area contributed by atoms with Crippen LogP contribution in [-0.4, -0.2) is 33.4 Å². The number of rotatable bonds is 3. The highest BCUT2D eigenvalue weighted by Gasteiger charge is 2.37. The molecule has 1 N–H and O–H groups in total. The summed E-state index contributed by atoms with van der Waals surface area (Å²) in [6.07, 6.45) is 5.55. The molecule has 0 bridgehead atoms. The van der Waals surface area contributed by atoms with Crippen molar-refractivity contribution in [2.45, 2.75) is 37.0 Å². The summed E-state index contributed by atoms with van der Waals surface area (Å²) in [5.74, 6) is 1.11. The van der Waals surface area contributed by atoms with E-state index in [4.69, 9.17) is 4.74 Å². The number of fused-ring (bicyclic) bond motifs is 1. The largest absolute Gasteiger partial charge is 0.487 e. The second-order valence-corrected chi connectivity index (χ2v) is 9.76. The summed E-state index contributed by atoms with van der Waals surface area (Å²) >= 11 is 0. The number of sulfone groups is 1. The first-order valence-electron chi connectivity index (χ1n) is 9.22. The smallest absolute Gasteiger partial charge is 0.151 e. The molecule has 4 nitrogen and oxygen atoms in total. The highest BCUT2D eigenvalue weighted by molar-refractivity contribution is 7.89. The predicted molar refractivity (Wildman–Crippen MR) is 104 cm³/mol. The molecule has 2 aromatic rings. The number of aryl methyl sites for hydroxylation is 1. The third-order valence-electron chi connectivity index (χ3n) is 5.47. The van der Waals surface area contributed by atoms with Gasteiger partial charge < -0.3 is 10.1 Å². The second-order valence-electron chi connectivity index (χ2n) is 7.62. The Bertz CT molecular complexity index is 897. The van der Waals surface area contributed by atoms with Crippen molar-refractivity contribution in [2.24, 2.45) is 0 Å². The SMILES string of the molecule is CS(=O)(=O)Cc1ccc(-c2ccc3c(c2)CCC2(CCNCC2)O3)cc1. The van der Waals surface area contributed by atoms with E-state index in [1.54, 1.807) is 0 Å². The van der Waals surface area contributed by atoms with Crippen LogP contribution in [-0.2, 0) is 22.0 Å². The van der Waals surface area contributed by atoms with Gasteiger partial charge in [-0.2, -0.15) is 0 Å². The van der Waals surface area contributed by atoms with Gasteiger partial charge in [-0.1, -0.05) is 30.3 Å². The molecular weight excluding hydrogens is 346 g/mol. The minimum absolute atomic E-state index is 0.0209. The maximum Gasteiger partial charge on any atom is 0.151 e. The third kappa shape index (κ3) is 3.79. The number of piperidine rings is 1. The fourth-order valence-corrected chi connectivity index (χ4v) is 4.83. The third-order valence-corrected chi connectivity index (χ3v) is 6.33. The average molecular weight is 372 g/mol. The van der Waals surface area contributed by atoms with Crippen molar-refractivity contribution in [3.05, 3.63) is 53.6 Å². The Balaban J connectivity index is 1.54. The van der Waals surface area contributed by atoms with Gasteiger partial charge in [-0.25, -0.2) is 8.42 Å². The molecule has 138 valence electrons. The van der Waals surface area contributed by atoms with Gasteiger partial charge in [-0.05, 0) is 73.2 Å². The van der Waals surface area contributed by atoms with Gasteiger partial charge in [0.25, 0.3) is 0 Å². The molecule has 2 aliphatic heterocycles. The highest BCUT2D eigenvalue weighted by Crippen LogP contribution is 2.39. The number of nitrogens with one attached hydrogen (secondary N) is 1. The average Bonchev–Trinajstić information content (AvgIpc) is 2.61. The minimum Gasteiger partial charge on any atom is -0.487 e. The Hall–Kier alpha value is -1.85. The zero-order valence-corrected chi connectivity index (χ0v) is 15.9. The van der Waals surface area contributed by atoms with E-state index in [0.717, 1.165) is 61.2 Å². The Morgan fingerprint density at radius 2 is 1.69 bits per heavy atom. The minimum atomic E-state index is -3.00. The molecule has 0 radical (unpaired) electrons. The first-order valence-corrected chi connectivity index (χ1v) is 11.3. The van der Waals surface area contributed by atoms with Crippen LogP contribution in [0, 0.1) is 0 Å². The summed E-state index contributed by atoms with van der Waals surface area (Å²) in [6, 6.07) is 14.2. The van der Waals surface area contributed by atoms with Gasteiger partial charge in [-0.3, -0.25) is 0 Å². The number of hydrogen-bond acceptors (Lipinski definition) is 4. The van der Waals surface area contributed by atoms with Gasteiger partial charge in [0.2, 0.25) is 0 Å². The molecule has 0 saturated carbocycles. The van der Waals surface area contributed by atoms with Crippen LogP contribution in [0.15, 0.2) is 42.5 Å². The molecule has 4 rings (SSSR count). The fourth-order valence-electron chi connectivity index (χ4n) is 4.03. The zero-order valence-electron chi connectivity index (χ0n) is 15.1. The summed E-state index contributed by atoms with van der Waals surface area (Å²) in [4.78, 5) is 0. The van der Waals surface area contributed by atoms with Crippen LogP contribution in [0.2, 0.25) is 0 Å². The second kappa shape index (κ2) is 6.71. The first-order chi connectivity index (χ1) is 12.4. The lowest BCUT2D eigenvalue weighted by atomic mass is 9.83. The van der Waals surface area contributed by atoms with Crippen LogP contribution in [0.1, 0.15) is 30.4 Å². The van der Waals surface area contributed by atoms with E-state index in [9.17, 15) is 8.42 Å². The fraction of sp³-hybridized carbons (Fsp3) is 0.429. The predicted octanol–water partition coefficient (Wildman–Crippen LogP) is 3.35. The molecule has 2 aromatic carbocycles. The molecular formula is C21H25NO3S. The van der Waals surface area contributed by atoms with Gasteiger partial charge in [0.1, 0.15) is 11.4 Å². The van der Waals surface area contributed by atoms with Crippen molar-refractivity contribution in [3.8, 4) is 16.9 Å². The Morgan fingerprint density at radius 3 is 2.38 bits per heavy atom. The van der Waals surface area contributed by atoms with Gasteiger partial charge >= 0.3 is 0 Å². The van der Waals surface area contributed by atoms with E-state index < -0.39 is 9.84 Å². The zero-order chi connectivity index (χ0) is 18.2. The summed E-state index contributed by atoms with van der Waals surface area (Å²) in [5.41, 5.74) is 4.37. The Kier molecular flexibility index (Phi) is 4.53. The van der Waals surface area contributed by atoms with Gasteiger partial charge in [0.15, 0.2) is 9.84 Å². The quantitative estimate of drug-likeness (QED) is 0.899. The molecule has 1 spiro atoms. The summed E-state index contributed by atoms with van der Waals surface area (Å²) in [7, 11) is -3.00. The first kappa shape index (κ1) is 17.6. The van der Waals surface area contributed by atoms with Crippen LogP contribution < -0.4 is 10.1 Å². The van der Waals surface area contributed by atoms with Crippen molar-refractivity contribution >= 4 is 9.84 Å². The Morgan fingerprint density at radius 1 is 1.00 bits per heavy atom. The number of hydrogen-bond donors (Lipinski definition) is 1. The molecule has 2 aliphatic rings. The van der Waals surface area contributed by atoms with Crippen molar-refractivity contribution in [1.82, 2.24) is 5.32 Å². The van der Waals surface area contributed by atoms with E-state index in [1.807, 2.05) is 24.3 Å². The maximum absolute atomic E-state index is 11.4. The Labute approximate surface area is 155 Å². The summed E-state index contributed by atoms with van der Waals surface area (Å²) in [6.45, 7) is 2.07. The lowest BCUT2D eigenvalue weighted by Crippen LogP contribution is -2.48. The van der Waals surface area contributed by atoms with E-state index in [2.05, 4.69) is 23.5 Å². The van der Waals surface area contributed by atoms with E-state index >= 15 is 0 Å². The lowest BCUT2D eigenvalue weighted by molar-refractivity contribution is 0.0170.